The average Bonchev–Trinajstić information content (AvgIpc) is 2.39. The monoisotopic (exact) mass is 284 g/mol. The summed E-state index contributed by atoms with van der Waals surface area (Å²) in [7, 11) is 0. The van der Waals surface area contributed by atoms with Crippen molar-refractivity contribution in [2.24, 2.45) is 0 Å². The molecule has 0 aromatic heterocycles. The molecule has 0 atom stereocenters. The summed E-state index contributed by atoms with van der Waals surface area (Å²) in [5.74, 6) is -1.41. The van der Waals surface area contributed by atoms with E-state index in [4.69, 9.17) is 5.11 Å². The molecule has 2 N–H and O–H groups in total. The van der Waals surface area contributed by atoms with Crippen LogP contribution in [0.2, 0.25) is 0 Å². The number of carbonyl (C=O) groups excluding carboxylic acids is 1. The summed E-state index contributed by atoms with van der Waals surface area (Å²) in [6, 6.07) is 2.36. The van der Waals surface area contributed by atoms with Gasteiger partial charge in [0.2, 0.25) is 5.91 Å². The molecule has 110 valence electrons. The summed E-state index contributed by atoms with van der Waals surface area (Å²) in [6.45, 7) is 2.03. The number of benzene rings is 1. The van der Waals surface area contributed by atoms with Gasteiger partial charge in [0, 0.05) is 26.1 Å². The van der Waals surface area contributed by atoms with Gasteiger partial charge in [-0.1, -0.05) is 0 Å². The van der Waals surface area contributed by atoms with Gasteiger partial charge in [0.05, 0.1) is 6.61 Å². The van der Waals surface area contributed by atoms with Gasteiger partial charge in [-0.25, -0.2) is 8.78 Å². The number of nitrogens with one attached hydrogen (secondary N) is 1. The van der Waals surface area contributed by atoms with Crippen molar-refractivity contribution < 1.29 is 18.7 Å². The fourth-order valence-electron chi connectivity index (χ4n) is 2.55. The summed E-state index contributed by atoms with van der Waals surface area (Å²) in [6.07, 6.45) is 1.31. The van der Waals surface area contributed by atoms with Crippen LogP contribution in [0, 0.1) is 11.6 Å². The minimum Gasteiger partial charge on any atom is -0.392 e. The van der Waals surface area contributed by atoms with Crippen LogP contribution >= 0.6 is 0 Å². The molecule has 1 aliphatic heterocycles. The first-order valence-electron chi connectivity index (χ1n) is 6.62. The van der Waals surface area contributed by atoms with Gasteiger partial charge in [0.25, 0.3) is 0 Å². The van der Waals surface area contributed by atoms with E-state index in [0.29, 0.717) is 25.9 Å². The highest BCUT2D eigenvalue weighted by atomic mass is 19.1. The second-order valence-corrected chi connectivity index (χ2v) is 5.03. The number of halogens is 2. The molecule has 1 aromatic carbocycles. The minimum atomic E-state index is -0.660. The summed E-state index contributed by atoms with van der Waals surface area (Å²) in [5, 5.41) is 11.7. The molecule has 0 radical (unpaired) electrons. The van der Waals surface area contributed by atoms with Gasteiger partial charge in [0.15, 0.2) is 0 Å². The van der Waals surface area contributed by atoms with Crippen LogP contribution < -0.4 is 10.2 Å². The van der Waals surface area contributed by atoms with E-state index in [0.717, 1.165) is 12.1 Å². The van der Waals surface area contributed by atoms with E-state index in [9.17, 15) is 13.6 Å². The maximum absolute atomic E-state index is 13.9. The van der Waals surface area contributed by atoms with Crippen LogP contribution in [0.25, 0.3) is 0 Å². The van der Waals surface area contributed by atoms with Crippen molar-refractivity contribution in [2.45, 2.75) is 32.4 Å². The molecule has 1 aromatic rings. The Morgan fingerprint density at radius 2 is 1.90 bits per heavy atom. The number of nitrogens with zero attached hydrogens (tertiary/aromatic N) is 1. The Bertz CT molecular complexity index is 477. The predicted molar refractivity (Wildman–Crippen MR) is 71.3 cm³/mol. The first-order valence-corrected chi connectivity index (χ1v) is 6.62. The Morgan fingerprint density at radius 1 is 1.35 bits per heavy atom. The molecule has 6 heteroatoms. The van der Waals surface area contributed by atoms with Crippen molar-refractivity contribution in [1.82, 2.24) is 5.32 Å². The molecular weight excluding hydrogens is 266 g/mol. The van der Waals surface area contributed by atoms with E-state index in [1.807, 2.05) is 0 Å². The Hall–Kier alpha value is -1.69. The third-order valence-corrected chi connectivity index (χ3v) is 3.48. The Labute approximate surface area is 116 Å². The molecule has 0 unspecified atom stereocenters. The third-order valence-electron chi connectivity index (χ3n) is 3.48. The van der Waals surface area contributed by atoms with Crippen molar-refractivity contribution >= 4 is 11.6 Å². The third kappa shape index (κ3) is 3.25. The molecule has 1 amide bonds. The highest BCUT2D eigenvalue weighted by molar-refractivity contribution is 5.73. The Kier molecular flexibility index (Phi) is 4.54. The highest BCUT2D eigenvalue weighted by Gasteiger charge is 2.24. The van der Waals surface area contributed by atoms with Gasteiger partial charge in [-0.2, -0.15) is 0 Å². The van der Waals surface area contributed by atoms with Crippen LogP contribution in [0.4, 0.5) is 14.5 Å². The van der Waals surface area contributed by atoms with E-state index in [2.05, 4.69) is 5.32 Å². The van der Waals surface area contributed by atoms with E-state index in [-0.39, 0.29) is 23.2 Å². The van der Waals surface area contributed by atoms with Crippen molar-refractivity contribution in [3.8, 4) is 0 Å². The number of aliphatic hydroxyl groups excluding tert-OH is 1. The lowest BCUT2D eigenvalue weighted by Crippen LogP contribution is -2.44. The lowest BCUT2D eigenvalue weighted by molar-refractivity contribution is -0.119. The summed E-state index contributed by atoms with van der Waals surface area (Å²) in [5.41, 5.74) is 0.167. The van der Waals surface area contributed by atoms with E-state index in [1.165, 1.54) is 6.92 Å². The van der Waals surface area contributed by atoms with Gasteiger partial charge in [-0.3, -0.25) is 4.79 Å². The number of amides is 1. The number of hydrogen-bond donors (Lipinski definition) is 2. The van der Waals surface area contributed by atoms with Gasteiger partial charge < -0.3 is 15.3 Å². The van der Waals surface area contributed by atoms with E-state index < -0.39 is 18.2 Å². The van der Waals surface area contributed by atoms with E-state index in [1.54, 1.807) is 4.90 Å². The van der Waals surface area contributed by atoms with Crippen LogP contribution in [-0.2, 0) is 11.4 Å². The normalized spacial score (nSPS) is 16.3. The van der Waals surface area contributed by atoms with Crippen LogP contribution in [-0.4, -0.2) is 30.1 Å². The molecule has 4 nitrogen and oxygen atoms in total. The van der Waals surface area contributed by atoms with Gasteiger partial charge in [-0.15, -0.1) is 0 Å². The standard InChI is InChI=1S/C14H18F2N2O2/c1-9(20)17-11-2-4-18(5-3-11)14-12(15)6-10(8-19)7-13(14)16/h6-7,11,19H,2-5,8H2,1H3,(H,17,20). The zero-order chi connectivity index (χ0) is 14.7. The summed E-state index contributed by atoms with van der Waals surface area (Å²) >= 11 is 0. The molecule has 0 spiro atoms. The summed E-state index contributed by atoms with van der Waals surface area (Å²) < 4.78 is 27.9. The lowest BCUT2D eigenvalue weighted by atomic mass is 10.0. The fourth-order valence-corrected chi connectivity index (χ4v) is 2.55. The molecule has 20 heavy (non-hydrogen) atoms. The van der Waals surface area contributed by atoms with Gasteiger partial charge >= 0.3 is 0 Å². The molecule has 0 bridgehead atoms. The van der Waals surface area contributed by atoms with Crippen LogP contribution in [0.15, 0.2) is 12.1 Å². The molecule has 1 fully saturated rings. The molecule has 1 aliphatic rings. The van der Waals surface area contributed by atoms with Gasteiger partial charge in [0.1, 0.15) is 17.3 Å². The molecule has 0 saturated carbocycles. The smallest absolute Gasteiger partial charge is 0.217 e. The lowest BCUT2D eigenvalue weighted by Gasteiger charge is -2.34. The van der Waals surface area contributed by atoms with Crippen molar-refractivity contribution in [3.63, 3.8) is 0 Å². The van der Waals surface area contributed by atoms with Crippen LogP contribution in [0.3, 0.4) is 0 Å². The van der Waals surface area contributed by atoms with Crippen LogP contribution in [0.5, 0.6) is 0 Å². The zero-order valence-electron chi connectivity index (χ0n) is 11.3. The molecule has 1 saturated heterocycles. The van der Waals surface area contributed by atoms with Crippen molar-refractivity contribution in [3.05, 3.63) is 29.3 Å². The zero-order valence-corrected chi connectivity index (χ0v) is 11.3. The first kappa shape index (κ1) is 14.7. The molecular formula is C14H18F2N2O2. The number of carbonyl (C=O) groups is 1. The van der Waals surface area contributed by atoms with E-state index >= 15 is 0 Å². The number of anilines is 1. The predicted octanol–water partition coefficient (Wildman–Crippen LogP) is 1.56. The first-order chi connectivity index (χ1) is 9.51. The maximum atomic E-state index is 13.9. The molecule has 1 heterocycles. The maximum Gasteiger partial charge on any atom is 0.217 e. The van der Waals surface area contributed by atoms with Crippen molar-refractivity contribution in [1.29, 1.82) is 0 Å². The minimum absolute atomic E-state index is 0.0523. The molecule has 0 aliphatic carbocycles. The number of hydrogen-bond acceptors (Lipinski definition) is 3. The van der Waals surface area contributed by atoms with Crippen molar-refractivity contribution in [2.75, 3.05) is 18.0 Å². The number of aliphatic hydroxyl groups is 1. The number of rotatable bonds is 3. The summed E-state index contributed by atoms with van der Waals surface area (Å²) in [4.78, 5) is 12.6. The van der Waals surface area contributed by atoms with Gasteiger partial charge in [-0.05, 0) is 30.5 Å². The fraction of sp³-hybridized carbons (Fsp3) is 0.500. The highest BCUT2D eigenvalue weighted by Crippen LogP contribution is 2.27. The average molecular weight is 284 g/mol. The second-order valence-electron chi connectivity index (χ2n) is 5.03. The largest absolute Gasteiger partial charge is 0.392 e. The molecule has 2 rings (SSSR count). The Morgan fingerprint density at radius 3 is 2.35 bits per heavy atom. The van der Waals surface area contributed by atoms with Crippen LogP contribution in [0.1, 0.15) is 25.3 Å². The quantitative estimate of drug-likeness (QED) is 0.885. The SMILES string of the molecule is CC(=O)NC1CCN(c2c(F)cc(CO)cc2F)CC1. The Balaban J connectivity index is 2.09. The second kappa shape index (κ2) is 6.17. The topological polar surface area (TPSA) is 52.6 Å². The number of piperidine rings is 1.